The van der Waals surface area contributed by atoms with Gasteiger partial charge in [-0.1, -0.05) is 15.9 Å². The van der Waals surface area contributed by atoms with Gasteiger partial charge in [-0.2, -0.15) is 0 Å². The minimum Gasteiger partial charge on any atom is -0.398 e. The maximum Gasteiger partial charge on any atom is 0.253 e. The highest BCUT2D eigenvalue weighted by Crippen LogP contribution is 2.18. The van der Waals surface area contributed by atoms with Crippen LogP contribution in [-0.2, 0) is 6.54 Å². The lowest BCUT2D eigenvalue weighted by molar-refractivity contribution is 0.0951. The summed E-state index contributed by atoms with van der Waals surface area (Å²) in [7, 11) is 0. The zero-order valence-corrected chi connectivity index (χ0v) is 11.9. The Labute approximate surface area is 122 Å². The molecule has 20 heavy (non-hydrogen) atoms. The third kappa shape index (κ3) is 3.33. The summed E-state index contributed by atoms with van der Waals surface area (Å²) in [6.07, 6.45) is 0. The fourth-order valence-electron chi connectivity index (χ4n) is 1.67. The number of nitrogen functional groups attached to an aromatic ring is 1. The van der Waals surface area contributed by atoms with Gasteiger partial charge in [0.05, 0.1) is 5.56 Å². The van der Waals surface area contributed by atoms with E-state index in [0.29, 0.717) is 10.0 Å². The molecular formula is C14H11BrF2N2O. The molecule has 0 unspecified atom stereocenters. The van der Waals surface area contributed by atoms with Gasteiger partial charge in [-0.05, 0) is 42.0 Å². The number of hydrogen-bond acceptors (Lipinski definition) is 2. The first-order valence-electron chi connectivity index (χ1n) is 5.74. The molecule has 3 nitrogen and oxygen atoms in total. The number of anilines is 1. The molecule has 0 saturated carbocycles. The lowest BCUT2D eigenvalue weighted by Gasteiger charge is -2.09. The van der Waals surface area contributed by atoms with Crippen molar-refractivity contribution in [2.75, 3.05) is 5.73 Å². The summed E-state index contributed by atoms with van der Waals surface area (Å²) in [5, 5.41) is 2.57. The van der Waals surface area contributed by atoms with Crippen molar-refractivity contribution in [3.8, 4) is 0 Å². The Morgan fingerprint density at radius 3 is 2.55 bits per heavy atom. The molecule has 2 aromatic carbocycles. The van der Waals surface area contributed by atoms with Crippen molar-refractivity contribution in [2.24, 2.45) is 0 Å². The van der Waals surface area contributed by atoms with Crippen LogP contribution in [0.1, 0.15) is 15.9 Å². The molecule has 0 atom stereocenters. The Balaban J connectivity index is 2.12. The van der Waals surface area contributed by atoms with Gasteiger partial charge in [0, 0.05) is 16.7 Å². The second-order valence-corrected chi connectivity index (χ2v) is 5.00. The number of amides is 1. The van der Waals surface area contributed by atoms with Crippen molar-refractivity contribution in [3.63, 3.8) is 0 Å². The lowest BCUT2D eigenvalue weighted by atomic mass is 10.1. The van der Waals surface area contributed by atoms with Gasteiger partial charge >= 0.3 is 0 Å². The van der Waals surface area contributed by atoms with Crippen LogP contribution < -0.4 is 11.1 Å². The largest absolute Gasteiger partial charge is 0.398 e. The molecule has 0 heterocycles. The molecule has 0 spiro atoms. The van der Waals surface area contributed by atoms with Gasteiger partial charge in [0.1, 0.15) is 11.6 Å². The highest BCUT2D eigenvalue weighted by Gasteiger charge is 2.11. The van der Waals surface area contributed by atoms with Gasteiger partial charge in [0.2, 0.25) is 0 Å². The zero-order chi connectivity index (χ0) is 14.7. The van der Waals surface area contributed by atoms with Gasteiger partial charge in [0.15, 0.2) is 0 Å². The van der Waals surface area contributed by atoms with Gasteiger partial charge in [-0.25, -0.2) is 8.78 Å². The van der Waals surface area contributed by atoms with Crippen molar-refractivity contribution < 1.29 is 13.6 Å². The molecule has 0 aliphatic heterocycles. The Morgan fingerprint density at radius 2 is 1.80 bits per heavy atom. The molecule has 0 bridgehead atoms. The van der Waals surface area contributed by atoms with Crippen LogP contribution in [0.25, 0.3) is 0 Å². The molecule has 0 fully saturated rings. The minimum atomic E-state index is -0.545. The maximum absolute atomic E-state index is 13.1. The van der Waals surface area contributed by atoms with Crippen molar-refractivity contribution in [1.29, 1.82) is 0 Å². The van der Waals surface area contributed by atoms with E-state index >= 15 is 0 Å². The van der Waals surface area contributed by atoms with E-state index in [4.69, 9.17) is 5.73 Å². The van der Waals surface area contributed by atoms with E-state index in [1.807, 2.05) is 0 Å². The third-order valence-electron chi connectivity index (χ3n) is 2.71. The molecule has 104 valence electrons. The quantitative estimate of drug-likeness (QED) is 0.842. The predicted octanol–water partition coefficient (Wildman–Crippen LogP) is 3.24. The van der Waals surface area contributed by atoms with Crippen molar-refractivity contribution in [2.45, 2.75) is 6.54 Å². The van der Waals surface area contributed by atoms with E-state index in [1.165, 1.54) is 24.3 Å². The Kier molecular flexibility index (Phi) is 4.34. The van der Waals surface area contributed by atoms with Gasteiger partial charge in [-0.15, -0.1) is 0 Å². The monoisotopic (exact) mass is 340 g/mol. The second-order valence-electron chi connectivity index (χ2n) is 4.15. The molecule has 0 saturated heterocycles. The molecule has 0 aromatic heterocycles. The van der Waals surface area contributed by atoms with Gasteiger partial charge in [-0.3, -0.25) is 4.79 Å². The molecule has 6 heteroatoms. The lowest BCUT2D eigenvalue weighted by Crippen LogP contribution is -2.24. The average Bonchev–Trinajstić information content (AvgIpc) is 2.42. The summed E-state index contributed by atoms with van der Waals surface area (Å²) in [6, 6.07) is 7.72. The molecule has 3 N–H and O–H groups in total. The van der Waals surface area contributed by atoms with Crippen LogP contribution in [0.15, 0.2) is 40.9 Å². The first-order chi connectivity index (χ1) is 9.47. The van der Waals surface area contributed by atoms with Gasteiger partial charge in [0.25, 0.3) is 5.91 Å². The topological polar surface area (TPSA) is 55.1 Å². The van der Waals surface area contributed by atoms with Crippen molar-refractivity contribution in [3.05, 3.63) is 63.6 Å². The Bertz CT molecular complexity index is 662. The number of nitrogens with one attached hydrogen (secondary N) is 1. The van der Waals surface area contributed by atoms with Crippen LogP contribution in [-0.4, -0.2) is 5.91 Å². The number of rotatable bonds is 3. The number of hydrogen-bond donors (Lipinski definition) is 2. The summed E-state index contributed by atoms with van der Waals surface area (Å²) in [5.74, 6) is -1.46. The molecule has 0 aliphatic carbocycles. The van der Waals surface area contributed by atoms with Crippen LogP contribution in [0.5, 0.6) is 0 Å². The molecule has 2 rings (SSSR count). The van der Waals surface area contributed by atoms with Crippen LogP contribution in [0, 0.1) is 11.6 Å². The Morgan fingerprint density at radius 1 is 1.15 bits per heavy atom. The number of benzene rings is 2. The fraction of sp³-hybridized carbons (Fsp3) is 0.0714. The van der Waals surface area contributed by atoms with Crippen LogP contribution in [0.3, 0.4) is 0 Å². The highest BCUT2D eigenvalue weighted by molar-refractivity contribution is 9.10. The highest BCUT2D eigenvalue weighted by atomic mass is 79.9. The van der Waals surface area contributed by atoms with E-state index in [2.05, 4.69) is 21.2 Å². The molecule has 0 radical (unpaired) electrons. The summed E-state index contributed by atoms with van der Waals surface area (Å²) in [4.78, 5) is 11.9. The molecule has 0 aliphatic rings. The summed E-state index contributed by atoms with van der Waals surface area (Å²) >= 11 is 3.26. The van der Waals surface area contributed by atoms with Crippen molar-refractivity contribution >= 4 is 27.5 Å². The summed E-state index contributed by atoms with van der Waals surface area (Å²) in [5.41, 5.74) is 6.43. The molecular weight excluding hydrogens is 330 g/mol. The fourth-order valence-corrected chi connectivity index (χ4v) is 2.06. The molecule has 1 amide bonds. The van der Waals surface area contributed by atoms with E-state index in [0.717, 1.165) is 6.07 Å². The van der Waals surface area contributed by atoms with Crippen molar-refractivity contribution in [1.82, 2.24) is 5.32 Å². The minimum absolute atomic E-state index is 0.0533. The number of halogens is 3. The van der Waals surface area contributed by atoms with E-state index in [-0.39, 0.29) is 17.8 Å². The smallest absolute Gasteiger partial charge is 0.253 e. The van der Waals surface area contributed by atoms with Crippen LogP contribution in [0.2, 0.25) is 0 Å². The standard InChI is InChI=1S/C14H11BrF2N2O/c15-12-3-1-9(16)5-8(12)7-19-14(20)11-6-10(17)2-4-13(11)18/h1-6H,7,18H2,(H,19,20). The van der Waals surface area contributed by atoms with E-state index in [9.17, 15) is 13.6 Å². The van der Waals surface area contributed by atoms with E-state index in [1.54, 1.807) is 6.07 Å². The number of carbonyl (C=O) groups is 1. The second kappa shape index (κ2) is 6.00. The SMILES string of the molecule is Nc1ccc(F)cc1C(=O)NCc1cc(F)ccc1Br. The molecule has 2 aromatic rings. The normalized spacial score (nSPS) is 10.3. The maximum atomic E-state index is 13.1. The zero-order valence-electron chi connectivity index (χ0n) is 10.3. The first kappa shape index (κ1) is 14.5. The average molecular weight is 341 g/mol. The summed E-state index contributed by atoms with van der Waals surface area (Å²) in [6.45, 7) is 0.104. The van der Waals surface area contributed by atoms with Gasteiger partial charge < -0.3 is 11.1 Å². The van der Waals surface area contributed by atoms with Crippen LogP contribution >= 0.6 is 15.9 Å². The van der Waals surface area contributed by atoms with E-state index < -0.39 is 17.5 Å². The number of nitrogens with two attached hydrogens (primary N) is 1. The number of carbonyl (C=O) groups excluding carboxylic acids is 1. The summed E-state index contributed by atoms with van der Waals surface area (Å²) < 4.78 is 26.9. The van der Waals surface area contributed by atoms with Crippen LogP contribution in [0.4, 0.5) is 14.5 Å². The Hall–Kier alpha value is -1.95. The predicted molar refractivity (Wildman–Crippen MR) is 76.1 cm³/mol. The first-order valence-corrected chi connectivity index (χ1v) is 6.54. The third-order valence-corrected chi connectivity index (χ3v) is 3.48.